The SMILES string of the molecule is O=C(O)/C(=C/c1ccc(F)c(F)c1)CO. The Morgan fingerprint density at radius 1 is 1.33 bits per heavy atom. The second kappa shape index (κ2) is 4.65. The number of benzene rings is 1. The van der Waals surface area contributed by atoms with E-state index in [1.54, 1.807) is 0 Å². The van der Waals surface area contributed by atoms with E-state index in [-0.39, 0.29) is 11.1 Å². The third-order valence-electron chi connectivity index (χ3n) is 1.73. The van der Waals surface area contributed by atoms with Crippen LogP contribution in [-0.4, -0.2) is 22.8 Å². The molecule has 0 amide bonds. The van der Waals surface area contributed by atoms with Gasteiger partial charge in [-0.15, -0.1) is 0 Å². The van der Waals surface area contributed by atoms with E-state index in [1.807, 2.05) is 0 Å². The fourth-order valence-corrected chi connectivity index (χ4v) is 0.978. The summed E-state index contributed by atoms with van der Waals surface area (Å²) in [5.74, 6) is -3.37. The summed E-state index contributed by atoms with van der Waals surface area (Å²) in [4.78, 5) is 10.5. The summed E-state index contributed by atoms with van der Waals surface area (Å²) in [5.41, 5.74) is -0.110. The maximum absolute atomic E-state index is 12.7. The monoisotopic (exact) mass is 214 g/mol. The zero-order valence-corrected chi connectivity index (χ0v) is 7.58. The van der Waals surface area contributed by atoms with Gasteiger partial charge in [0, 0.05) is 0 Å². The fraction of sp³-hybridized carbons (Fsp3) is 0.100. The molecular weight excluding hydrogens is 206 g/mol. The average molecular weight is 214 g/mol. The van der Waals surface area contributed by atoms with Crippen LogP contribution < -0.4 is 0 Å². The highest BCUT2D eigenvalue weighted by molar-refractivity contribution is 5.92. The molecule has 1 rings (SSSR count). The maximum atomic E-state index is 12.7. The summed E-state index contributed by atoms with van der Waals surface area (Å²) < 4.78 is 25.2. The van der Waals surface area contributed by atoms with E-state index in [0.29, 0.717) is 0 Å². The van der Waals surface area contributed by atoms with Crippen LogP contribution in [0.25, 0.3) is 6.08 Å². The lowest BCUT2D eigenvalue weighted by molar-refractivity contribution is -0.133. The summed E-state index contributed by atoms with van der Waals surface area (Å²) in [6.07, 6.45) is 1.07. The Hall–Kier alpha value is -1.75. The standard InChI is InChI=1S/C10H8F2O3/c11-8-2-1-6(4-9(8)12)3-7(5-13)10(14)15/h1-4,13H,5H2,(H,14,15)/b7-3+. The van der Waals surface area contributed by atoms with Gasteiger partial charge >= 0.3 is 5.97 Å². The van der Waals surface area contributed by atoms with Crippen LogP contribution in [0.4, 0.5) is 8.78 Å². The Balaban J connectivity index is 3.07. The summed E-state index contributed by atoms with van der Waals surface area (Å²) >= 11 is 0. The number of aliphatic carboxylic acids is 1. The first-order valence-corrected chi connectivity index (χ1v) is 4.04. The van der Waals surface area contributed by atoms with Crippen molar-refractivity contribution in [1.29, 1.82) is 0 Å². The van der Waals surface area contributed by atoms with Crippen molar-refractivity contribution in [2.24, 2.45) is 0 Å². The number of carboxylic acids is 1. The van der Waals surface area contributed by atoms with Gasteiger partial charge in [0.05, 0.1) is 12.2 Å². The normalized spacial score (nSPS) is 11.5. The Labute approximate surface area is 84.3 Å². The minimum Gasteiger partial charge on any atom is -0.478 e. The predicted octanol–water partition coefficient (Wildman–Crippen LogP) is 1.43. The van der Waals surface area contributed by atoms with E-state index in [1.165, 1.54) is 6.07 Å². The van der Waals surface area contributed by atoms with Gasteiger partial charge in [-0.3, -0.25) is 0 Å². The minimum atomic E-state index is -1.30. The highest BCUT2D eigenvalue weighted by atomic mass is 19.2. The van der Waals surface area contributed by atoms with Crippen LogP contribution in [0.5, 0.6) is 0 Å². The predicted molar refractivity (Wildman–Crippen MR) is 49.1 cm³/mol. The van der Waals surface area contributed by atoms with Crippen LogP contribution in [0.2, 0.25) is 0 Å². The summed E-state index contributed by atoms with van der Waals surface area (Å²) in [5, 5.41) is 17.2. The number of aliphatic hydroxyl groups excluding tert-OH is 1. The number of hydrogen-bond donors (Lipinski definition) is 2. The van der Waals surface area contributed by atoms with Gasteiger partial charge in [-0.2, -0.15) is 0 Å². The van der Waals surface area contributed by atoms with Crippen LogP contribution in [0.3, 0.4) is 0 Å². The topological polar surface area (TPSA) is 57.5 Å². The third-order valence-corrected chi connectivity index (χ3v) is 1.73. The molecule has 0 radical (unpaired) electrons. The number of hydrogen-bond acceptors (Lipinski definition) is 2. The van der Waals surface area contributed by atoms with Crippen LogP contribution in [0.15, 0.2) is 23.8 Å². The molecule has 80 valence electrons. The van der Waals surface area contributed by atoms with Gasteiger partial charge in [0.1, 0.15) is 0 Å². The van der Waals surface area contributed by atoms with Crippen LogP contribution in [0, 0.1) is 11.6 Å². The number of aliphatic hydroxyl groups is 1. The van der Waals surface area contributed by atoms with Crippen molar-refractivity contribution in [3.63, 3.8) is 0 Å². The Kier molecular flexibility index (Phi) is 3.51. The van der Waals surface area contributed by atoms with E-state index >= 15 is 0 Å². The Bertz CT molecular complexity index is 413. The second-order valence-electron chi connectivity index (χ2n) is 2.81. The Morgan fingerprint density at radius 3 is 2.47 bits per heavy atom. The first-order valence-electron chi connectivity index (χ1n) is 4.04. The van der Waals surface area contributed by atoms with E-state index in [9.17, 15) is 13.6 Å². The lowest BCUT2D eigenvalue weighted by atomic mass is 10.1. The fourth-order valence-electron chi connectivity index (χ4n) is 0.978. The molecule has 0 saturated carbocycles. The van der Waals surface area contributed by atoms with Gasteiger partial charge < -0.3 is 10.2 Å². The van der Waals surface area contributed by atoms with Gasteiger partial charge in [0.15, 0.2) is 11.6 Å². The summed E-state index contributed by atoms with van der Waals surface area (Å²) in [6.45, 7) is -0.672. The molecule has 3 nitrogen and oxygen atoms in total. The molecule has 0 aliphatic carbocycles. The molecule has 0 heterocycles. The molecule has 0 fully saturated rings. The van der Waals surface area contributed by atoms with Crippen molar-refractivity contribution in [2.75, 3.05) is 6.61 Å². The molecule has 0 atom stereocenters. The second-order valence-corrected chi connectivity index (χ2v) is 2.81. The highest BCUT2D eigenvalue weighted by Crippen LogP contribution is 2.12. The van der Waals surface area contributed by atoms with Crippen LogP contribution in [-0.2, 0) is 4.79 Å². The van der Waals surface area contributed by atoms with E-state index in [0.717, 1.165) is 18.2 Å². The minimum absolute atomic E-state index is 0.181. The molecule has 0 aliphatic heterocycles. The molecule has 0 aromatic heterocycles. The number of rotatable bonds is 3. The number of carbonyl (C=O) groups is 1. The smallest absolute Gasteiger partial charge is 0.333 e. The average Bonchev–Trinajstić information content (AvgIpc) is 2.19. The van der Waals surface area contributed by atoms with E-state index in [2.05, 4.69) is 0 Å². The quantitative estimate of drug-likeness (QED) is 0.748. The lowest BCUT2D eigenvalue weighted by Gasteiger charge is -1.99. The van der Waals surface area contributed by atoms with Crippen molar-refractivity contribution in [3.8, 4) is 0 Å². The van der Waals surface area contributed by atoms with Gasteiger partial charge in [-0.05, 0) is 23.8 Å². The van der Waals surface area contributed by atoms with E-state index in [4.69, 9.17) is 10.2 Å². The molecule has 0 aliphatic rings. The molecule has 1 aromatic carbocycles. The molecule has 5 heteroatoms. The van der Waals surface area contributed by atoms with Crippen LogP contribution >= 0.6 is 0 Å². The van der Waals surface area contributed by atoms with Gasteiger partial charge in [-0.25, -0.2) is 13.6 Å². The van der Waals surface area contributed by atoms with Crippen molar-refractivity contribution in [2.45, 2.75) is 0 Å². The van der Waals surface area contributed by atoms with E-state index < -0.39 is 24.2 Å². The summed E-state index contributed by atoms with van der Waals surface area (Å²) in [7, 11) is 0. The molecule has 0 saturated heterocycles. The molecule has 0 unspecified atom stereocenters. The third kappa shape index (κ3) is 2.85. The Morgan fingerprint density at radius 2 is 2.00 bits per heavy atom. The molecule has 2 N–H and O–H groups in total. The molecule has 15 heavy (non-hydrogen) atoms. The number of halogens is 2. The van der Waals surface area contributed by atoms with Gasteiger partial charge in [-0.1, -0.05) is 6.07 Å². The zero-order chi connectivity index (χ0) is 11.4. The molecule has 0 spiro atoms. The summed E-state index contributed by atoms with van der Waals surface area (Å²) in [6, 6.07) is 2.96. The van der Waals surface area contributed by atoms with Crippen molar-refractivity contribution in [3.05, 3.63) is 41.0 Å². The highest BCUT2D eigenvalue weighted by Gasteiger charge is 2.07. The molecule has 0 bridgehead atoms. The lowest BCUT2D eigenvalue weighted by Crippen LogP contribution is -2.04. The van der Waals surface area contributed by atoms with Gasteiger partial charge in [0.2, 0.25) is 0 Å². The van der Waals surface area contributed by atoms with Gasteiger partial charge in [0.25, 0.3) is 0 Å². The number of carboxylic acid groups (broad SMARTS) is 1. The van der Waals surface area contributed by atoms with Crippen molar-refractivity contribution >= 4 is 12.0 Å². The largest absolute Gasteiger partial charge is 0.478 e. The van der Waals surface area contributed by atoms with Crippen molar-refractivity contribution < 1.29 is 23.8 Å². The van der Waals surface area contributed by atoms with Crippen LogP contribution in [0.1, 0.15) is 5.56 Å². The maximum Gasteiger partial charge on any atom is 0.333 e. The first-order chi connectivity index (χ1) is 7.04. The molecular formula is C10H8F2O3. The van der Waals surface area contributed by atoms with Crippen molar-refractivity contribution in [1.82, 2.24) is 0 Å². The zero-order valence-electron chi connectivity index (χ0n) is 7.58. The molecule has 1 aromatic rings. The first kappa shape index (κ1) is 11.3.